The summed E-state index contributed by atoms with van der Waals surface area (Å²) in [5.41, 5.74) is 8.13. The molecule has 2 aromatic rings. The molecule has 0 aliphatic heterocycles. The van der Waals surface area contributed by atoms with E-state index in [1.807, 2.05) is 48.5 Å². The maximum Gasteiger partial charge on any atom is 0.161 e. The first-order valence-corrected chi connectivity index (χ1v) is 8.44. The van der Waals surface area contributed by atoms with E-state index in [2.05, 4.69) is 6.92 Å². The Morgan fingerprint density at radius 1 is 1.08 bits per heavy atom. The normalized spacial score (nSPS) is 13.3. The topological polar surface area (TPSA) is 64.7 Å². The number of hydrogen-bond donors (Lipinski definition) is 2. The Kier molecular flexibility index (Phi) is 7.09. The summed E-state index contributed by atoms with van der Waals surface area (Å²) < 4.78 is 11.3. The molecule has 2 atom stereocenters. The van der Waals surface area contributed by atoms with Crippen LogP contribution in [-0.2, 0) is 6.61 Å². The van der Waals surface area contributed by atoms with Crippen molar-refractivity contribution in [3.05, 3.63) is 59.7 Å². The SMILES string of the molecule is CCCC[C@@H](O)[C@@H](N)c1ccc(OC)c(OCc2ccccc2)c1. The average Bonchev–Trinajstić information content (AvgIpc) is 2.64. The van der Waals surface area contributed by atoms with Gasteiger partial charge >= 0.3 is 0 Å². The quantitative estimate of drug-likeness (QED) is 0.734. The van der Waals surface area contributed by atoms with Gasteiger partial charge in [-0.3, -0.25) is 0 Å². The van der Waals surface area contributed by atoms with Crippen molar-refractivity contribution in [2.75, 3.05) is 7.11 Å². The van der Waals surface area contributed by atoms with Crippen LogP contribution >= 0.6 is 0 Å². The largest absolute Gasteiger partial charge is 0.493 e. The molecule has 0 saturated heterocycles. The van der Waals surface area contributed by atoms with Gasteiger partial charge in [-0.2, -0.15) is 0 Å². The molecule has 0 saturated carbocycles. The first-order chi connectivity index (χ1) is 11.7. The standard InChI is InChI=1S/C20H27NO3/c1-3-4-10-17(22)20(21)16-11-12-18(23-2)19(13-16)24-14-15-8-6-5-7-9-15/h5-9,11-13,17,20,22H,3-4,10,14,21H2,1-2H3/t17-,20+/m1/s1. The van der Waals surface area contributed by atoms with Gasteiger partial charge in [0.05, 0.1) is 19.3 Å². The molecule has 0 spiro atoms. The minimum Gasteiger partial charge on any atom is -0.493 e. The van der Waals surface area contributed by atoms with Gasteiger partial charge in [-0.15, -0.1) is 0 Å². The van der Waals surface area contributed by atoms with E-state index in [0.717, 1.165) is 24.0 Å². The molecule has 4 nitrogen and oxygen atoms in total. The lowest BCUT2D eigenvalue weighted by molar-refractivity contribution is 0.132. The highest BCUT2D eigenvalue weighted by molar-refractivity contribution is 5.44. The summed E-state index contributed by atoms with van der Waals surface area (Å²) in [6.45, 7) is 2.55. The Balaban J connectivity index is 2.11. The molecule has 2 rings (SSSR count). The number of rotatable bonds is 9. The van der Waals surface area contributed by atoms with E-state index in [4.69, 9.17) is 15.2 Å². The Morgan fingerprint density at radius 3 is 2.50 bits per heavy atom. The first-order valence-electron chi connectivity index (χ1n) is 8.44. The van der Waals surface area contributed by atoms with Crippen LogP contribution < -0.4 is 15.2 Å². The zero-order chi connectivity index (χ0) is 17.4. The summed E-state index contributed by atoms with van der Waals surface area (Å²) in [4.78, 5) is 0. The second-order valence-corrected chi connectivity index (χ2v) is 5.92. The maximum absolute atomic E-state index is 10.2. The third-order valence-electron chi connectivity index (χ3n) is 4.08. The van der Waals surface area contributed by atoms with Crippen LogP contribution in [0.1, 0.15) is 43.4 Å². The summed E-state index contributed by atoms with van der Waals surface area (Å²) in [5, 5.41) is 10.2. The average molecular weight is 329 g/mol. The van der Waals surface area contributed by atoms with E-state index >= 15 is 0 Å². The van der Waals surface area contributed by atoms with Crippen molar-refractivity contribution in [2.45, 2.75) is 44.9 Å². The molecule has 130 valence electrons. The van der Waals surface area contributed by atoms with Crippen molar-refractivity contribution in [1.29, 1.82) is 0 Å². The first kappa shape index (κ1) is 18.3. The predicted octanol–water partition coefficient (Wildman–Crippen LogP) is 3.83. The van der Waals surface area contributed by atoms with E-state index in [9.17, 15) is 5.11 Å². The van der Waals surface area contributed by atoms with Gasteiger partial charge in [0.25, 0.3) is 0 Å². The number of aliphatic hydroxyl groups is 1. The number of benzene rings is 2. The lowest BCUT2D eigenvalue weighted by Crippen LogP contribution is -2.26. The Bertz CT molecular complexity index is 616. The smallest absolute Gasteiger partial charge is 0.161 e. The monoisotopic (exact) mass is 329 g/mol. The van der Waals surface area contributed by atoms with Gasteiger partial charge in [0.2, 0.25) is 0 Å². The van der Waals surface area contributed by atoms with Crippen LogP contribution in [0.2, 0.25) is 0 Å². The molecule has 0 heterocycles. The molecule has 24 heavy (non-hydrogen) atoms. The van der Waals surface area contributed by atoms with Gasteiger partial charge in [-0.05, 0) is 29.7 Å². The van der Waals surface area contributed by atoms with E-state index in [0.29, 0.717) is 24.5 Å². The fraction of sp³-hybridized carbons (Fsp3) is 0.400. The molecule has 0 amide bonds. The summed E-state index contributed by atoms with van der Waals surface area (Å²) >= 11 is 0. The van der Waals surface area contributed by atoms with Gasteiger partial charge in [-0.1, -0.05) is 56.2 Å². The maximum atomic E-state index is 10.2. The molecule has 4 heteroatoms. The van der Waals surface area contributed by atoms with Crippen molar-refractivity contribution in [3.8, 4) is 11.5 Å². The molecule has 0 radical (unpaired) electrons. The van der Waals surface area contributed by atoms with Gasteiger partial charge in [0.15, 0.2) is 11.5 Å². The summed E-state index contributed by atoms with van der Waals surface area (Å²) in [7, 11) is 1.61. The summed E-state index contributed by atoms with van der Waals surface area (Å²) in [5.74, 6) is 1.29. The van der Waals surface area contributed by atoms with Crippen molar-refractivity contribution in [2.24, 2.45) is 5.73 Å². The van der Waals surface area contributed by atoms with E-state index in [-0.39, 0.29) is 0 Å². The molecule has 2 aromatic carbocycles. The molecule has 0 unspecified atom stereocenters. The number of methoxy groups -OCH3 is 1. The molecular formula is C20H27NO3. The molecule has 3 N–H and O–H groups in total. The zero-order valence-corrected chi connectivity index (χ0v) is 14.4. The number of aliphatic hydroxyl groups excluding tert-OH is 1. The number of nitrogens with two attached hydrogens (primary N) is 1. The molecule has 0 aliphatic carbocycles. The minimum atomic E-state index is -0.555. The lowest BCUT2D eigenvalue weighted by atomic mass is 9.98. The van der Waals surface area contributed by atoms with Gasteiger partial charge < -0.3 is 20.3 Å². The molecular weight excluding hydrogens is 302 g/mol. The number of ether oxygens (including phenoxy) is 2. The second-order valence-electron chi connectivity index (χ2n) is 5.92. The fourth-order valence-corrected chi connectivity index (χ4v) is 2.56. The van der Waals surface area contributed by atoms with Crippen LogP contribution in [0.4, 0.5) is 0 Å². The fourth-order valence-electron chi connectivity index (χ4n) is 2.56. The number of hydrogen-bond acceptors (Lipinski definition) is 4. The predicted molar refractivity (Wildman–Crippen MR) is 96.2 cm³/mol. The highest BCUT2D eigenvalue weighted by atomic mass is 16.5. The van der Waals surface area contributed by atoms with Crippen molar-refractivity contribution >= 4 is 0 Å². The highest BCUT2D eigenvalue weighted by Gasteiger charge is 2.18. The lowest BCUT2D eigenvalue weighted by Gasteiger charge is -2.20. The van der Waals surface area contributed by atoms with Gasteiger partial charge in [-0.25, -0.2) is 0 Å². The third-order valence-corrected chi connectivity index (χ3v) is 4.08. The minimum absolute atomic E-state index is 0.429. The van der Waals surface area contributed by atoms with Crippen LogP contribution in [-0.4, -0.2) is 18.3 Å². The highest BCUT2D eigenvalue weighted by Crippen LogP contribution is 2.31. The van der Waals surface area contributed by atoms with E-state index in [1.54, 1.807) is 7.11 Å². The van der Waals surface area contributed by atoms with Crippen molar-refractivity contribution < 1.29 is 14.6 Å². The molecule has 0 fully saturated rings. The van der Waals surface area contributed by atoms with Crippen molar-refractivity contribution in [1.82, 2.24) is 0 Å². The van der Waals surface area contributed by atoms with Crippen LogP contribution in [0, 0.1) is 0 Å². The second kappa shape index (κ2) is 9.30. The molecule has 0 aromatic heterocycles. The Labute approximate surface area is 144 Å². The van der Waals surface area contributed by atoms with E-state index in [1.165, 1.54) is 0 Å². The van der Waals surface area contributed by atoms with Crippen LogP contribution in [0.3, 0.4) is 0 Å². The Hall–Kier alpha value is -2.04. The molecule has 0 aliphatic rings. The van der Waals surface area contributed by atoms with Crippen LogP contribution in [0.5, 0.6) is 11.5 Å². The van der Waals surface area contributed by atoms with Gasteiger partial charge in [0.1, 0.15) is 6.61 Å². The molecule has 0 bridgehead atoms. The summed E-state index contributed by atoms with van der Waals surface area (Å²) in [6.07, 6.45) is 2.14. The zero-order valence-electron chi connectivity index (χ0n) is 14.4. The Morgan fingerprint density at radius 2 is 1.83 bits per heavy atom. The third kappa shape index (κ3) is 4.98. The van der Waals surface area contributed by atoms with Crippen LogP contribution in [0.15, 0.2) is 48.5 Å². The van der Waals surface area contributed by atoms with Crippen LogP contribution in [0.25, 0.3) is 0 Å². The van der Waals surface area contributed by atoms with Crippen molar-refractivity contribution in [3.63, 3.8) is 0 Å². The van der Waals surface area contributed by atoms with E-state index < -0.39 is 12.1 Å². The summed E-state index contributed by atoms with van der Waals surface area (Å²) in [6, 6.07) is 15.1. The number of unbranched alkanes of at least 4 members (excludes halogenated alkanes) is 1. The van der Waals surface area contributed by atoms with Gasteiger partial charge in [0, 0.05) is 0 Å².